The van der Waals surface area contributed by atoms with E-state index in [1.54, 1.807) is 29.8 Å². The number of aliphatic hydroxyl groups excluding tert-OH is 1. The number of hydrogen-bond donors (Lipinski definition) is 1. The summed E-state index contributed by atoms with van der Waals surface area (Å²) in [5, 5.41) is 11.0. The van der Waals surface area contributed by atoms with E-state index in [0.717, 1.165) is 11.0 Å². The van der Waals surface area contributed by atoms with Crippen LogP contribution in [0.4, 0.5) is 0 Å². The van der Waals surface area contributed by atoms with Gasteiger partial charge in [0.05, 0.1) is 27.6 Å². The minimum Gasteiger partial charge on any atom is -0.488 e. The van der Waals surface area contributed by atoms with Gasteiger partial charge in [-0.15, -0.1) is 0 Å². The van der Waals surface area contributed by atoms with Crippen molar-refractivity contribution in [1.29, 1.82) is 0 Å². The van der Waals surface area contributed by atoms with Gasteiger partial charge in [-0.3, -0.25) is 9.13 Å². The van der Waals surface area contributed by atoms with E-state index in [-0.39, 0.29) is 18.8 Å². The third-order valence-electron chi connectivity index (χ3n) is 3.78. The van der Waals surface area contributed by atoms with Crippen molar-refractivity contribution in [3.05, 3.63) is 63.0 Å². The third-order valence-corrected chi connectivity index (χ3v) is 4.38. The van der Waals surface area contributed by atoms with Gasteiger partial charge in [0.2, 0.25) is 0 Å². The highest BCUT2D eigenvalue weighted by atomic mass is 35.5. The van der Waals surface area contributed by atoms with Gasteiger partial charge >= 0.3 is 5.69 Å². The zero-order valence-electron chi connectivity index (χ0n) is 12.9. The van der Waals surface area contributed by atoms with Crippen molar-refractivity contribution in [3.63, 3.8) is 0 Å². The second-order valence-electron chi connectivity index (χ2n) is 5.46. The molecule has 0 fully saturated rings. The number of hydrogen-bond acceptors (Lipinski definition) is 3. The van der Waals surface area contributed by atoms with Crippen molar-refractivity contribution in [2.45, 2.75) is 12.6 Å². The molecule has 0 spiro atoms. The molecule has 3 rings (SSSR count). The van der Waals surface area contributed by atoms with E-state index >= 15 is 0 Å². The van der Waals surface area contributed by atoms with E-state index in [9.17, 15) is 9.90 Å². The molecular weight excluding hydrogens is 351 g/mol. The number of aromatic nitrogens is 2. The van der Waals surface area contributed by atoms with Crippen molar-refractivity contribution in [2.24, 2.45) is 7.05 Å². The van der Waals surface area contributed by atoms with Crippen LogP contribution in [-0.2, 0) is 13.6 Å². The quantitative estimate of drug-likeness (QED) is 0.754. The number of fused-ring (bicyclic) bond motifs is 1. The second kappa shape index (κ2) is 6.89. The summed E-state index contributed by atoms with van der Waals surface area (Å²) < 4.78 is 8.60. The molecule has 0 aliphatic carbocycles. The molecule has 1 atom stereocenters. The smallest absolute Gasteiger partial charge is 0.328 e. The first-order valence-electron chi connectivity index (χ1n) is 7.38. The topological polar surface area (TPSA) is 56.4 Å². The summed E-state index contributed by atoms with van der Waals surface area (Å²) in [6.45, 7) is 0.0847. The highest BCUT2D eigenvalue weighted by Gasteiger charge is 2.15. The summed E-state index contributed by atoms with van der Waals surface area (Å²) >= 11 is 12.1. The van der Waals surface area contributed by atoms with Crippen LogP contribution < -0.4 is 10.4 Å². The molecule has 2 aromatic carbocycles. The molecule has 0 saturated carbocycles. The Morgan fingerprint density at radius 3 is 2.38 bits per heavy atom. The van der Waals surface area contributed by atoms with Crippen molar-refractivity contribution >= 4 is 34.2 Å². The van der Waals surface area contributed by atoms with E-state index in [4.69, 9.17) is 27.9 Å². The molecule has 24 heavy (non-hydrogen) atoms. The van der Waals surface area contributed by atoms with Crippen LogP contribution in [0.25, 0.3) is 11.0 Å². The molecule has 0 saturated heterocycles. The van der Waals surface area contributed by atoms with Crippen LogP contribution in [-0.4, -0.2) is 27.0 Å². The first-order valence-corrected chi connectivity index (χ1v) is 8.13. The van der Waals surface area contributed by atoms with Crippen LogP contribution >= 0.6 is 23.2 Å². The maximum atomic E-state index is 12.3. The Labute approximate surface area is 148 Å². The van der Waals surface area contributed by atoms with Crippen LogP contribution in [0.5, 0.6) is 5.75 Å². The van der Waals surface area contributed by atoms with Gasteiger partial charge < -0.3 is 9.84 Å². The molecule has 0 amide bonds. The SMILES string of the molecule is Cn1c(=O)n(CC(O)COc2c(Cl)cccc2Cl)c2ccccc21. The van der Waals surface area contributed by atoms with Gasteiger partial charge in [-0.1, -0.05) is 41.4 Å². The van der Waals surface area contributed by atoms with Crippen LogP contribution in [0.1, 0.15) is 0 Å². The lowest BCUT2D eigenvalue weighted by Crippen LogP contribution is -2.30. The van der Waals surface area contributed by atoms with Crippen LogP contribution in [0.3, 0.4) is 0 Å². The Morgan fingerprint density at radius 2 is 1.71 bits per heavy atom. The van der Waals surface area contributed by atoms with E-state index < -0.39 is 6.10 Å². The summed E-state index contributed by atoms with van der Waals surface area (Å²) in [7, 11) is 1.70. The lowest BCUT2D eigenvalue weighted by atomic mass is 10.3. The molecule has 7 heteroatoms. The summed E-state index contributed by atoms with van der Waals surface area (Å²) in [6, 6.07) is 12.4. The van der Waals surface area contributed by atoms with Gasteiger partial charge in [0.15, 0.2) is 5.75 Å². The molecule has 1 heterocycles. The zero-order valence-corrected chi connectivity index (χ0v) is 14.5. The Hall–Kier alpha value is -1.95. The number of para-hydroxylation sites is 3. The Balaban J connectivity index is 1.78. The molecule has 1 unspecified atom stereocenters. The fourth-order valence-electron chi connectivity index (χ4n) is 2.60. The predicted octanol–water partition coefficient (Wildman–Crippen LogP) is 3.09. The standard InChI is InChI=1S/C17H16Cl2N2O3/c1-20-14-7-2-3-8-15(14)21(17(20)23)9-11(22)10-24-16-12(18)5-4-6-13(16)19/h2-8,11,22H,9-10H2,1H3. The first kappa shape index (κ1) is 16.9. The van der Waals surface area contributed by atoms with Crippen molar-refractivity contribution in [2.75, 3.05) is 6.61 Å². The first-order chi connectivity index (χ1) is 11.5. The molecule has 5 nitrogen and oxygen atoms in total. The average molecular weight is 367 g/mol. The molecule has 0 radical (unpaired) electrons. The number of rotatable bonds is 5. The van der Waals surface area contributed by atoms with Crippen LogP contribution in [0, 0.1) is 0 Å². The van der Waals surface area contributed by atoms with Crippen molar-refractivity contribution in [3.8, 4) is 5.75 Å². The molecule has 1 N–H and O–H groups in total. The Morgan fingerprint density at radius 1 is 1.08 bits per heavy atom. The largest absolute Gasteiger partial charge is 0.488 e. The lowest BCUT2D eigenvalue weighted by molar-refractivity contribution is 0.0926. The number of ether oxygens (including phenoxy) is 1. The summed E-state index contributed by atoms with van der Waals surface area (Å²) in [4.78, 5) is 12.3. The molecule has 126 valence electrons. The van der Waals surface area contributed by atoms with Gasteiger partial charge in [-0.05, 0) is 24.3 Å². The van der Waals surface area contributed by atoms with Crippen molar-refractivity contribution < 1.29 is 9.84 Å². The summed E-state index contributed by atoms with van der Waals surface area (Å²) in [6.07, 6.45) is -0.888. The molecule has 3 aromatic rings. The number of aliphatic hydroxyl groups is 1. The minimum absolute atomic E-state index is 0.0287. The number of imidazole rings is 1. The van der Waals surface area contributed by atoms with E-state index in [2.05, 4.69) is 0 Å². The molecular formula is C17H16Cl2N2O3. The fourth-order valence-corrected chi connectivity index (χ4v) is 3.11. The van der Waals surface area contributed by atoms with Gasteiger partial charge in [-0.25, -0.2) is 4.79 Å². The zero-order chi connectivity index (χ0) is 17.3. The van der Waals surface area contributed by atoms with E-state index in [1.165, 1.54) is 4.57 Å². The number of nitrogens with zero attached hydrogens (tertiary/aromatic N) is 2. The second-order valence-corrected chi connectivity index (χ2v) is 6.27. The average Bonchev–Trinajstić information content (AvgIpc) is 2.80. The van der Waals surface area contributed by atoms with Gasteiger partial charge in [-0.2, -0.15) is 0 Å². The molecule has 0 aliphatic heterocycles. The van der Waals surface area contributed by atoms with E-state index in [1.807, 2.05) is 24.3 Å². The molecule has 1 aromatic heterocycles. The third kappa shape index (κ3) is 3.15. The minimum atomic E-state index is -0.888. The number of halogens is 2. The van der Waals surface area contributed by atoms with E-state index in [0.29, 0.717) is 15.8 Å². The maximum Gasteiger partial charge on any atom is 0.328 e. The van der Waals surface area contributed by atoms with Crippen LogP contribution in [0.15, 0.2) is 47.3 Å². The molecule has 0 bridgehead atoms. The number of aryl methyl sites for hydroxylation is 1. The van der Waals surface area contributed by atoms with Gasteiger partial charge in [0.1, 0.15) is 12.7 Å². The normalized spacial score (nSPS) is 12.5. The van der Waals surface area contributed by atoms with Crippen LogP contribution in [0.2, 0.25) is 10.0 Å². The highest BCUT2D eigenvalue weighted by Crippen LogP contribution is 2.32. The van der Waals surface area contributed by atoms with Gasteiger partial charge in [0.25, 0.3) is 0 Å². The number of benzene rings is 2. The summed E-state index contributed by atoms with van der Waals surface area (Å²) in [5.74, 6) is 0.324. The lowest BCUT2D eigenvalue weighted by Gasteiger charge is -2.14. The predicted molar refractivity (Wildman–Crippen MR) is 95.1 cm³/mol. The fraction of sp³-hybridized carbons (Fsp3) is 0.235. The van der Waals surface area contributed by atoms with Gasteiger partial charge in [0, 0.05) is 7.05 Å². The Bertz CT molecular complexity index is 913. The monoisotopic (exact) mass is 366 g/mol. The highest BCUT2D eigenvalue weighted by molar-refractivity contribution is 6.37. The maximum absolute atomic E-state index is 12.3. The Kier molecular flexibility index (Phi) is 4.85. The van der Waals surface area contributed by atoms with Crippen molar-refractivity contribution in [1.82, 2.24) is 9.13 Å². The molecule has 0 aliphatic rings. The summed E-state index contributed by atoms with van der Waals surface area (Å²) in [5.41, 5.74) is 1.38.